The first-order valence-electron chi connectivity index (χ1n) is 10.6. The highest BCUT2D eigenvalue weighted by atomic mass is 16.2. The SMILES string of the molecule is O=C(NCCCCCc1nc2ccccc2n1CCc1ccccc1)C1CC1. The molecule has 1 saturated carbocycles. The number of carbonyl (C=O) groups is 1. The number of rotatable bonds is 10. The molecule has 1 aliphatic rings. The third kappa shape index (κ3) is 4.80. The van der Waals surface area contributed by atoms with Crippen LogP contribution in [0.4, 0.5) is 0 Å². The lowest BCUT2D eigenvalue weighted by molar-refractivity contribution is -0.122. The fourth-order valence-electron chi connectivity index (χ4n) is 3.74. The molecule has 146 valence electrons. The Morgan fingerprint density at radius 2 is 1.75 bits per heavy atom. The van der Waals surface area contributed by atoms with E-state index in [0.717, 1.165) is 63.6 Å². The van der Waals surface area contributed by atoms with Crippen LogP contribution in [-0.2, 0) is 24.2 Å². The number of nitrogens with zero attached hydrogens (tertiary/aromatic N) is 2. The van der Waals surface area contributed by atoms with E-state index in [9.17, 15) is 4.79 Å². The van der Waals surface area contributed by atoms with E-state index in [1.165, 1.54) is 16.9 Å². The summed E-state index contributed by atoms with van der Waals surface area (Å²) in [6, 6.07) is 19.1. The third-order valence-electron chi connectivity index (χ3n) is 5.53. The molecule has 0 aliphatic heterocycles. The average molecular weight is 376 g/mol. The highest BCUT2D eigenvalue weighted by Gasteiger charge is 2.28. The molecule has 1 N–H and O–H groups in total. The molecule has 1 aromatic heterocycles. The normalized spacial score (nSPS) is 13.7. The lowest BCUT2D eigenvalue weighted by Crippen LogP contribution is -2.25. The molecule has 28 heavy (non-hydrogen) atoms. The van der Waals surface area contributed by atoms with E-state index in [2.05, 4.69) is 64.5 Å². The molecule has 4 rings (SSSR count). The molecule has 1 fully saturated rings. The minimum atomic E-state index is 0.253. The Balaban J connectivity index is 1.32. The van der Waals surface area contributed by atoms with Gasteiger partial charge >= 0.3 is 0 Å². The first kappa shape index (κ1) is 18.7. The van der Waals surface area contributed by atoms with Crippen molar-refractivity contribution in [2.75, 3.05) is 6.54 Å². The Morgan fingerprint density at radius 1 is 0.964 bits per heavy atom. The number of hydrogen-bond donors (Lipinski definition) is 1. The maximum atomic E-state index is 11.7. The number of imidazole rings is 1. The van der Waals surface area contributed by atoms with E-state index in [-0.39, 0.29) is 5.91 Å². The monoisotopic (exact) mass is 375 g/mol. The standard InChI is InChI=1S/C24H29N3O/c28-24(20-14-15-20)25-17-8-2-5-13-23-26-21-11-6-7-12-22(21)27(23)18-16-19-9-3-1-4-10-19/h1,3-4,6-7,9-12,20H,2,5,8,13-18H2,(H,25,28). The minimum Gasteiger partial charge on any atom is -0.356 e. The Bertz CT molecular complexity index is 912. The zero-order valence-corrected chi connectivity index (χ0v) is 16.4. The van der Waals surface area contributed by atoms with Gasteiger partial charge in [-0.05, 0) is 49.8 Å². The fraction of sp³-hybridized carbons (Fsp3) is 0.417. The van der Waals surface area contributed by atoms with Crippen LogP contribution in [0.2, 0.25) is 0 Å². The van der Waals surface area contributed by atoms with E-state index < -0.39 is 0 Å². The first-order chi connectivity index (χ1) is 13.8. The van der Waals surface area contributed by atoms with Gasteiger partial charge in [-0.2, -0.15) is 0 Å². The molecule has 3 aromatic rings. The van der Waals surface area contributed by atoms with E-state index in [1.54, 1.807) is 0 Å². The van der Waals surface area contributed by atoms with Gasteiger partial charge in [0.1, 0.15) is 5.82 Å². The summed E-state index contributed by atoms with van der Waals surface area (Å²) in [4.78, 5) is 16.6. The molecule has 4 nitrogen and oxygen atoms in total. The Hall–Kier alpha value is -2.62. The average Bonchev–Trinajstić information content (AvgIpc) is 3.52. The second-order valence-corrected chi connectivity index (χ2v) is 7.78. The van der Waals surface area contributed by atoms with E-state index >= 15 is 0 Å². The molecule has 1 heterocycles. The van der Waals surface area contributed by atoms with Gasteiger partial charge in [0.05, 0.1) is 11.0 Å². The summed E-state index contributed by atoms with van der Waals surface area (Å²) < 4.78 is 2.39. The van der Waals surface area contributed by atoms with Crippen molar-refractivity contribution in [2.45, 2.75) is 51.5 Å². The molecule has 0 atom stereocenters. The zero-order chi connectivity index (χ0) is 19.2. The topological polar surface area (TPSA) is 46.9 Å². The third-order valence-corrected chi connectivity index (χ3v) is 5.53. The van der Waals surface area contributed by atoms with Gasteiger partial charge in [0.25, 0.3) is 0 Å². The van der Waals surface area contributed by atoms with Crippen LogP contribution in [0, 0.1) is 5.92 Å². The fourth-order valence-corrected chi connectivity index (χ4v) is 3.74. The van der Waals surface area contributed by atoms with Crippen LogP contribution in [0.5, 0.6) is 0 Å². The molecular weight excluding hydrogens is 346 g/mol. The number of aromatic nitrogens is 2. The van der Waals surface area contributed by atoms with E-state index in [1.807, 2.05) is 0 Å². The molecule has 1 amide bonds. The largest absolute Gasteiger partial charge is 0.356 e. The molecule has 0 bridgehead atoms. The van der Waals surface area contributed by atoms with Crippen LogP contribution in [0.25, 0.3) is 11.0 Å². The van der Waals surface area contributed by atoms with Gasteiger partial charge in [-0.1, -0.05) is 48.9 Å². The van der Waals surface area contributed by atoms with Gasteiger partial charge < -0.3 is 9.88 Å². The first-order valence-corrected chi connectivity index (χ1v) is 10.6. The summed E-state index contributed by atoms with van der Waals surface area (Å²) in [6.45, 7) is 1.76. The Morgan fingerprint density at radius 3 is 2.57 bits per heavy atom. The van der Waals surface area contributed by atoms with Crippen LogP contribution in [0.15, 0.2) is 54.6 Å². The van der Waals surface area contributed by atoms with Gasteiger partial charge in [-0.3, -0.25) is 4.79 Å². The Labute approximate surface area is 167 Å². The summed E-state index contributed by atoms with van der Waals surface area (Å²) in [5.41, 5.74) is 3.67. The summed E-state index contributed by atoms with van der Waals surface area (Å²) in [5.74, 6) is 1.74. The molecule has 0 spiro atoms. The Kier molecular flexibility index (Phi) is 6.05. The summed E-state index contributed by atoms with van der Waals surface area (Å²) >= 11 is 0. The number of fused-ring (bicyclic) bond motifs is 1. The predicted octanol–water partition coefficient (Wildman–Crippen LogP) is 4.52. The number of nitrogens with one attached hydrogen (secondary N) is 1. The second-order valence-electron chi connectivity index (χ2n) is 7.78. The smallest absolute Gasteiger partial charge is 0.223 e. The van der Waals surface area contributed by atoms with Crippen molar-refractivity contribution in [3.63, 3.8) is 0 Å². The highest BCUT2D eigenvalue weighted by molar-refractivity contribution is 5.80. The van der Waals surface area contributed by atoms with E-state index in [0.29, 0.717) is 5.92 Å². The molecular formula is C24H29N3O. The summed E-state index contributed by atoms with van der Waals surface area (Å²) in [6.07, 6.45) is 7.42. The molecule has 4 heteroatoms. The lowest BCUT2D eigenvalue weighted by Gasteiger charge is -2.10. The van der Waals surface area contributed by atoms with Crippen molar-refractivity contribution in [3.05, 3.63) is 66.0 Å². The van der Waals surface area contributed by atoms with Crippen LogP contribution < -0.4 is 5.32 Å². The lowest BCUT2D eigenvalue weighted by atomic mass is 10.1. The van der Waals surface area contributed by atoms with Crippen molar-refractivity contribution in [3.8, 4) is 0 Å². The van der Waals surface area contributed by atoms with Gasteiger partial charge in [-0.25, -0.2) is 4.98 Å². The van der Waals surface area contributed by atoms with Crippen molar-refractivity contribution in [1.82, 2.24) is 14.9 Å². The van der Waals surface area contributed by atoms with Gasteiger partial charge in [0.2, 0.25) is 5.91 Å². The van der Waals surface area contributed by atoms with Crippen molar-refractivity contribution in [1.29, 1.82) is 0 Å². The van der Waals surface area contributed by atoms with E-state index in [4.69, 9.17) is 4.98 Å². The number of hydrogen-bond acceptors (Lipinski definition) is 2. The predicted molar refractivity (Wildman–Crippen MR) is 113 cm³/mol. The molecule has 0 unspecified atom stereocenters. The number of benzene rings is 2. The molecule has 0 radical (unpaired) electrons. The highest BCUT2D eigenvalue weighted by Crippen LogP contribution is 2.28. The van der Waals surface area contributed by atoms with Gasteiger partial charge in [0.15, 0.2) is 0 Å². The number of carbonyl (C=O) groups excluding carboxylic acids is 1. The van der Waals surface area contributed by atoms with Crippen LogP contribution in [0.1, 0.15) is 43.5 Å². The minimum absolute atomic E-state index is 0.253. The maximum absolute atomic E-state index is 11.7. The van der Waals surface area contributed by atoms with Crippen molar-refractivity contribution in [2.24, 2.45) is 5.92 Å². The number of para-hydroxylation sites is 2. The van der Waals surface area contributed by atoms with Gasteiger partial charge in [-0.15, -0.1) is 0 Å². The zero-order valence-electron chi connectivity index (χ0n) is 16.4. The summed E-state index contributed by atoms with van der Waals surface area (Å²) in [5, 5.41) is 3.05. The molecule has 1 aliphatic carbocycles. The maximum Gasteiger partial charge on any atom is 0.223 e. The van der Waals surface area contributed by atoms with Crippen LogP contribution in [-0.4, -0.2) is 22.0 Å². The number of amides is 1. The van der Waals surface area contributed by atoms with Crippen molar-refractivity contribution >= 4 is 16.9 Å². The van der Waals surface area contributed by atoms with Crippen molar-refractivity contribution < 1.29 is 4.79 Å². The van der Waals surface area contributed by atoms with Crippen LogP contribution in [0.3, 0.4) is 0 Å². The van der Waals surface area contributed by atoms with Gasteiger partial charge in [0, 0.05) is 25.4 Å². The summed E-state index contributed by atoms with van der Waals surface area (Å²) in [7, 11) is 0. The van der Waals surface area contributed by atoms with Crippen LogP contribution >= 0.6 is 0 Å². The second kappa shape index (κ2) is 9.05. The quantitative estimate of drug-likeness (QED) is 0.530. The number of aryl methyl sites for hydroxylation is 3. The number of unbranched alkanes of at least 4 members (excludes halogenated alkanes) is 2. The molecule has 0 saturated heterocycles. The molecule has 2 aromatic carbocycles.